The molecule has 1 aromatic heterocycles. The van der Waals surface area contributed by atoms with E-state index in [0.717, 1.165) is 0 Å². The standard InChI is InChI=1S/C15H23BCl2NO5P/c1-7-21-25(20,22-8-2)12-10(9-11(17)19-13(12)18)16-23-14(3,4)15(5,6)24-16/h9H,7-8H2,1-6H3. The highest BCUT2D eigenvalue weighted by Crippen LogP contribution is 2.48. The van der Waals surface area contributed by atoms with Crippen molar-refractivity contribution in [3.8, 4) is 0 Å². The fourth-order valence-corrected chi connectivity index (χ4v) is 4.95. The lowest BCUT2D eigenvalue weighted by Gasteiger charge is -2.32. The molecule has 0 N–H and O–H groups in total. The van der Waals surface area contributed by atoms with E-state index in [1.165, 1.54) is 6.07 Å². The largest absolute Gasteiger partial charge is 0.496 e. The molecule has 6 nitrogen and oxygen atoms in total. The molecular formula is C15H23BCl2NO5P. The third-order valence-electron chi connectivity index (χ3n) is 4.33. The molecule has 10 heteroatoms. The Bertz CT molecular complexity index is 675. The smallest absolute Gasteiger partial charge is 0.399 e. The maximum absolute atomic E-state index is 13.3. The van der Waals surface area contributed by atoms with Gasteiger partial charge >= 0.3 is 14.7 Å². The van der Waals surface area contributed by atoms with Gasteiger partial charge in [-0.15, -0.1) is 0 Å². The zero-order valence-corrected chi connectivity index (χ0v) is 17.7. The molecule has 1 aliphatic rings. The van der Waals surface area contributed by atoms with Crippen LogP contribution in [0.15, 0.2) is 6.07 Å². The lowest BCUT2D eigenvalue weighted by Crippen LogP contribution is -2.44. The molecule has 0 aromatic carbocycles. The molecule has 140 valence electrons. The average molecular weight is 410 g/mol. The van der Waals surface area contributed by atoms with E-state index in [0.29, 0.717) is 5.46 Å². The molecule has 0 aliphatic carbocycles. The van der Waals surface area contributed by atoms with Gasteiger partial charge in [0.2, 0.25) is 0 Å². The average Bonchev–Trinajstić information content (AvgIpc) is 2.66. The fourth-order valence-electron chi connectivity index (χ4n) is 2.42. The minimum absolute atomic E-state index is 0.0533. The first kappa shape index (κ1) is 21.2. The first-order valence-electron chi connectivity index (χ1n) is 8.08. The summed E-state index contributed by atoms with van der Waals surface area (Å²) in [5.41, 5.74) is -0.773. The highest BCUT2D eigenvalue weighted by Gasteiger charge is 2.54. The van der Waals surface area contributed by atoms with Crippen LogP contribution in [0, 0.1) is 0 Å². The van der Waals surface area contributed by atoms with Crippen molar-refractivity contribution in [1.82, 2.24) is 4.98 Å². The van der Waals surface area contributed by atoms with Gasteiger partial charge in [0.25, 0.3) is 0 Å². The van der Waals surface area contributed by atoms with Crippen LogP contribution in [0.4, 0.5) is 0 Å². The second kappa shape index (κ2) is 7.47. The van der Waals surface area contributed by atoms with Crippen molar-refractivity contribution in [2.75, 3.05) is 13.2 Å². The molecule has 0 atom stereocenters. The van der Waals surface area contributed by atoms with E-state index in [9.17, 15) is 4.57 Å². The maximum Gasteiger partial charge on any atom is 0.496 e. The molecule has 1 saturated heterocycles. The monoisotopic (exact) mass is 409 g/mol. The van der Waals surface area contributed by atoms with Crippen LogP contribution in [0.5, 0.6) is 0 Å². The summed E-state index contributed by atoms with van der Waals surface area (Å²) in [6.45, 7) is 11.5. The quantitative estimate of drug-likeness (QED) is 0.406. The number of rotatable bonds is 6. The van der Waals surface area contributed by atoms with E-state index in [1.807, 2.05) is 27.7 Å². The predicted molar refractivity (Wildman–Crippen MR) is 100 cm³/mol. The van der Waals surface area contributed by atoms with Gasteiger partial charge in [-0.2, -0.15) is 0 Å². The van der Waals surface area contributed by atoms with Gasteiger partial charge in [0, 0.05) is 5.46 Å². The highest BCUT2D eigenvalue weighted by molar-refractivity contribution is 7.63. The van der Waals surface area contributed by atoms with Gasteiger partial charge in [-0.25, -0.2) is 4.98 Å². The van der Waals surface area contributed by atoms with Crippen LogP contribution >= 0.6 is 30.8 Å². The van der Waals surface area contributed by atoms with Crippen LogP contribution in [0.1, 0.15) is 41.5 Å². The zero-order chi connectivity index (χ0) is 19.0. The van der Waals surface area contributed by atoms with E-state index >= 15 is 0 Å². The summed E-state index contributed by atoms with van der Waals surface area (Å²) in [5, 5.41) is 0.209. The Kier molecular flexibility index (Phi) is 6.33. The Labute approximate surface area is 159 Å². The number of pyridine rings is 1. The number of hydrogen-bond donors (Lipinski definition) is 0. The van der Waals surface area contributed by atoms with E-state index in [1.54, 1.807) is 13.8 Å². The molecule has 1 aromatic rings. The Hall–Kier alpha value is -0.135. The summed E-state index contributed by atoms with van der Waals surface area (Å²) in [5.74, 6) is 0. The van der Waals surface area contributed by atoms with E-state index in [4.69, 9.17) is 41.6 Å². The third kappa shape index (κ3) is 4.08. The van der Waals surface area contributed by atoms with Crippen LogP contribution in [-0.2, 0) is 22.9 Å². The van der Waals surface area contributed by atoms with Crippen molar-refractivity contribution in [2.45, 2.75) is 52.7 Å². The lowest BCUT2D eigenvalue weighted by molar-refractivity contribution is 0.00578. The van der Waals surface area contributed by atoms with Crippen LogP contribution in [0.2, 0.25) is 10.3 Å². The zero-order valence-electron chi connectivity index (χ0n) is 15.3. The van der Waals surface area contributed by atoms with Crippen LogP contribution in [0.25, 0.3) is 0 Å². The number of aromatic nitrogens is 1. The minimum atomic E-state index is -3.72. The van der Waals surface area contributed by atoms with E-state index in [-0.39, 0.29) is 28.8 Å². The van der Waals surface area contributed by atoms with Crippen LogP contribution in [0.3, 0.4) is 0 Å². The molecule has 25 heavy (non-hydrogen) atoms. The summed E-state index contributed by atoms with van der Waals surface area (Å²) in [4.78, 5) is 4.00. The summed E-state index contributed by atoms with van der Waals surface area (Å²) in [6, 6.07) is 1.52. The van der Waals surface area contributed by atoms with Crippen molar-refractivity contribution < 1.29 is 22.9 Å². The van der Waals surface area contributed by atoms with Gasteiger partial charge in [-0.3, -0.25) is 4.57 Å². The Morgan fingerprint density at radius 2 is 1.60 bits per heavy atom. The molecule has 0 saturated carbocycles. The molecule has 0 amide bonds. The Morgan fingerprint density at radius 1 is 1.12 bits per heavy atom. The first-order chi connectivity index (χ1) is 11.5. The molecule has 0 unspecified atom stereocenters. The van der Waals surface area contributed by atoms with Crippen molar-refractivity contribution in [3.63, 3.8) is 0 Å². The van der Waals surface area contributed by atoms with Crippen molar-refractivity contribution in [2.24, 2.45) is 0 Å². The summed E-state index contributed by atoms with van der Waals surface area (Å²) in [7, 11) is -4.54. The van der Waals surface area contributed by atoms with Crippen molar-refractivity contribution in [1.29, 1.82) is 0 Å². The minimum Gasteiger partial charge on any atom is -0.399 e. The van der Waals surface area contributed by atoms with E-state index in [2.05, 4.69) is 4.98 Å². The van der Waals surface area contributed by atoms with Gasteiger partial charge in [0.15, 0.2) is 0 Å². The van der Waals surface area contributed by atoms with Gasteiger partial charge in [0.05, 0.1) is 24.4 Å². The molecule has 0 radical (unpaired) electrons. The molecule has 2 heterocycles. The topological polar surface area (TPSA) is 66.9 Å². The van der Waals surface area contributed by atoms with Gasteiger partial charge in [-0.05, 0) is 47.6 Å². The molecule has 1 fully saturated rings. The lowest BCUT2D eigenvalue weighted by atomic mass is 9.80. The van der Waals surface area contributed by atoms with Crippen LogP contribution in [-0.4, -0.2) is 36.5 Å². The number of nitrogens with zero attached hydrogens (tertiary/aromatic N) is 1. The number of hydrogen-bond acceptors (Lipinski definition) is 6. The highest BCUT2D eigenvalue weighted by atomic mass is 35.5. The first-order valence-corrected chi connectivity index (χ1v) is 10.4. The second-order valence-electron chi connectivity index (χ2n) is 6.59. The molecule has 1 aliphatic heterocycles. The third-order valence-corrected chi connectivity index (χ3v) is 7.14. The predicted octanol–water partition coefficient (Wildman–Crippen LogP) is 3.58. The summed E-state index contributed by atoms with van der Waals surface area (Å²) >= 11 is 12.3. The van der Waals surface area contributed by atoms with Crippen molar-refractivity contribution >= 4 is 48.7 Å². The van der Waals surface area contributed by atoms with Crippen molar-refractivity contribution in [3.05, 3.63) is 16.4 Å². The Balaban J connectivity index is 2.61. The second-order valence-corrected chi connectivity index (χ2v) is 9.30. The van der Waals surface area contributed by atoms with E-state index < -0.39 is 25.9 Å². The number of halogens is 2. The molecule has 0 spiro atoms. The molecule has 0 bridgehead atoms. The molecule has 2 rings (SSSR count). The normalized spacial score (nSPS) is 19.4. The van der Waals surface area contributed by atoms with Gasteiger partial charge < -0.3 is 18.4 Å². The fraction of sp³-hybridized carbons (Fsp3) is 0.667. The Morgan fingerprint density at radius 3 is 2.04 bits per heavy atom. The SMILES string of the molecule is CCOP(=O)(OCC)c1c(B2OC(C)(C)C(C)(C)O2)cc(Cl)nc1Cl. The maximum atomic E-state index is 13.3. The summed E-state index contributed by atoms with van der Waals surface area (Å²) in [6.07, 6.45) is 0. The molecular weight excluding hydrogens is 387 g/mol. The van der Waals surface area contributed by atoms with Gasteiger partial charge in [0.1, 0.15) is 15.6 Å². The van der Waals surface area contributed by atoms with Crippen LogP contribution < -0.4 is 10.8 Å². The summed E-state index contributed by atoms with van der Waals surface area (Å²) < 4.78 is 36.3. The van der Waals surface area contributed by atoms with Gasteiger partial charge in [-0.1, -0.05) is 23.2 Å².